The molecular weight excluding hydrogens is 498 g/mol. The Morgan fingerprint density at radius 1 is 1.14 bits per heavy atom. The van der Waals surface area contributed by atoms with E-state index in [0.29, 0.717) is 26.1 Å². The Hall–Kier alpha value is -0.826. The van der Waals surface area contributed by atoms with Crippen LogP contribution in [0.5, 0.6) is 0 Å². The van der Waals surface area contributed by atoms with Crippen molar-refractivity contribution in [2.45, 2.75) is 103 Å². The molecule has 1 saturated heterocycles. The number of piperidine rings is 1. The number of Topliss-reactive ketones (excluding diaryl/α,β-unsaturated/α-hetero) is 2. The molecule has 3 fully saturated rings. The van der Waals surface area contributed by atoms with Crippen molar-refractivity contribution in [2.75, 3.05) is 33.4 Å². The number of aliphatic hydroxyl groups excluding tert-OH is 1. The smallest absolute Gasteiger partial charge is 0.192 e. The summed E-state index contributed by atoms with van der Waals surface area (Å²) in [7, 11) is -2.35. The average molecular weight is 550 g/mol. The van der Waals surface area contributed by atoms with E-state index in [0.717, 1.165) is 19.4 Å². The van der Waals surface area contributed by atoms with E-state index in [1.54, 1.807) is 7.11 Å². The third-order valence-corrected chi connectivity index (χ3v) is 14.9. The fourth-order valence-corrected chi connectivity index (χ4v) is 8.73. The molecule has 0 amide bonds. The van der Waals surface area contributed by atoms with Crippen LogP contribution >= 0.6 is 0 Å². The van der Waals surface area contributed by atoms with Gasteiger partial charge >= 0.3 is 0 Å². The van der Waals surface area contributed by atoms with Crippen molar-refractivity contribution < 1.29 is 23.9 Å². The number of methoxy groups -OCH3 is 1. The lowest BCUT2D eigenvalue weighted by Crippen LogP contribution is -2.68. The number of hydrogen-bond donors (Lipinski definition) is 1. The lowest BCUT2D eigenvalue weighted by molar-refractivity contribution is -0.173. The van der Waals surface area contributed by atoms with Crippen molar-refractivity contribution in [1.82, 2.24) is 4.90 Å². The van der Waals surface area contributed by atoms with Gasteiger partial charge in [0.15, 0.2) is 8.32 Å². The first-order chi connectivity index (χ1) is 16.9. The normalized spacial score (nSPS) is 34.3. The van der Waals surface area contributed by atoms with Gasteiger partial charge in [0.25, 0.3) is 0 Å². The van der Waals surface area contributed by atoms with Gasteiger partial charge in [0.1, 0.15) is 25.7 Å². The SMILES string of the molecule is CCN1C[C@]2(COC)CCC[C@]([C@H]3[C@H]([C@H](O)C#C[Si](C)(C)C)C(=O)C[C@@H]3O[Si](C)(C)C(C)(C)C)(C1)C2=O. The maximum atomic E-state index is 14.6. The van der Waals surface area contributed by atoms with E-state index >= 15 is 0 Å². The van der Waals surface area contributed by atoms with Crippen LogP contribution in [0.3, 0.4) is 0 Å². The molecule has 0 spiro atoms. The fraction of sp³-hybridized carbons (Fsp3) is 0.862. The summed E-state index contributed by atoms with van der Waals surface area (Å²) < 4.78 is 12.6. The summed E-state index contributed by atoms with van der Waals surface area (Å²) in [5, 5.41) is 11.4. The molecule has 2 bridgehead atoms. The number of fused-ring (bicyclic) bond motifs is 2. The molecule has 0 aromatic rings. The zero-order chi connectivity index (χ0) is 28.0. The van der Waals surface area contributed by atoms with Crippen LogP contribution in [-0.4, -0.2) is 83.5 Å². The highest BCUT2D eigenvalue weighted by Crippen LogP contribution is 2.58. The third-order valence-electron chi connectivity index (χ3n) is 9.50. The topological polar surface area (TPSA) is 76.1 Å². The number of nitrogens with zero attached hydrogens (tertiary/aromatic N) is 1. The van der Waals surface area contributed by atoms with Gasteiger partial charge in [-0.1, -0.05) is 59.7 Å². The first-order valence-corrected chi connectivity index (χ1v) is 20.5. The van der Waals surface area contributed by atoms with Gasteiger partial charge in [0, 0.05) is 38.0 Å². The number of ether oxygens (including phenoxy) is 1. The maximum Gasteiger partial charge on any atom is 0.192 e. The van der Waals surface area contributed by atoms with Crippen molar-refractivity contribution in [3.8, 4) is 11.5 Å². The molecule has 3 aliphatic rings. The number of carbonyl (C=O) groups is 2. The molecule has 210 valence electrons. The minimum Gasteiger partial charge on any atom is -0.413 e. The molecular formula is C29H51NO5Si2. The highest BCUT2D eigenvalue weighted by Gasteiger charge is 2.66. The van der Waals surface area contributed by atoms with Gasteiger partial charge in [-0.3, -0.25) is 9.59 Å². The number of aliphatic hydroxyl groups is 1. The molecule has 1 heterocycles. The molecule has 0 unspecified atom stereocenters. The molecule has 1 N–H and O–H groups in total. The number of ketones is 2. The van der Waals surface area contributed by atoms with Crippen molar-refractivity contribution in [1.29, 1.82) is 0 Å². The molecule has 37 heavy (non-hydrogen) atoms. The summed E-state index contributed by atoms with van der Waals surface area (Å²) in [6, 6.07) is 0. The Labute approximate surface area is 227 Å². The van der Waals surface area contributed by atoms with Crippen LogP contribution in [0, 0.1) is 34.1 Å². The summed E-state index contributed by atoms with van der Waals surface area (Å²) in [5.74, 6) is 2.18. The van der Waals surface area contributed by atoms with Gasteiger partial charge in [-0.05, 0) is 37.5 Å². The summed E-state index contributed by atoms with van der Waals surface area (Å²) in [6.45, 7) is 22.1. The first kappa shape index (κ1) is 30.7. The molecule has 3 rings (SSSR count). The Bertz CT molecular complexity index is 939. The third kappa shape index (κ3) is 5.87. The Kier molecular flexibility index (Phi) is 8.82. The van der Waals surface area contributed by atoms with E-state index in [1.807, 2.05) is 0 Å². The molecule has 8 heteroatoms. The van der Waals surface area contributed by atoms with Crippen LogP contribution in [0.25, 0.3) is 0 Å². The Morgan fingerprint density at radius 2 is 1.78 bits per heavy atom. The lowest BCUT2D eigenvalue weighted by atomic mass is 9.51. The predicted molar refractivity (Wildman–Crippen MR) is 154 cm³/mol. The summed E-state index contributed by atoms with van der Waals surface area (Å²) in [4.78, 5) is 30.7. The monoisotopic (exact) mass is 549 g/mol. The molecule has 0 aromatic heterocycles. The molecule has 0 aromatic carbocycles. The largest absolute Gasteiger partial charge is 0.413 e. The first-order valence-electron chi connectivity index (χ1n) is 14.1. The molecule has 6 nitrogen and oxygen atoms in total. The summed E-state index contributed by atoms with van der Waals surface area (Å²) in [5.41, 5.74) is 1.95. The molecule has 6 atom stereocenters. The lowest BCUT2D eigenvalue weighted by Gasteiger charge is -2.58. The second kappa shape index (κ2) is 10.6. The van der Waals surface area contributed by atoms with Crippen LogP contribution in [0.2, 0.25) is 37.8 Å². The molecule has 0 radical (unpaired) electrons. The quantitative estimate of drug-likeness (QED) is 0.371. The van der Waals surface area contributed by atoms with Gasteiger partial charge in [0.2, 0.25) is 0 Å². The van der Waals surface area contributed by atoms with Gasteiger partial charge in [-0.2, -0.15) is 0 Å². The van der Waals surface area contributed by atoms with Crippen LogP contribution in [0.4, 0.5) is 0 Å². The zero-order valence-corrected chi connectivity index (χ0v) is 27.0. The van der Waals surface area contributed by atoms with Gasteiger partial charge in [0.05, 0.1) is 24.0 Å². The summed E-state index contributed by atoms with van der Waals surface area (Å²) in [6.07, 6.45) is 1.19. The van der Waals surface area contributed by atoms with E-state index in [1.165, 1.54) is 0 Å². The number of carbonyl (C=O) groups excluding carboxylic acids is 2. The molecule has 2 saturated carbocycles. The Balaban J connectivity index is 2.17. The maximum absolute atomic E-state index is 14.6. The Morgan fingerprint density at radius 3 is 2.32 bits per heavy atom. The van der Waals surface area contributed by atoms with Crippen LogP contribution < -0.4 is 0 Å². The highest BCUT2D eigenvalue weighted by molar-refractivity contribution is 6.83. The minimum absolute atomic E-state index is 0.00945. The molecule has 1 aliphatic heterocycles. The summed E-state index contributed by atoms with van der Waals surface area (Å²) >= 11 is 0. The fourth-order valence-electron chi connectivity index (χ4n) is 6.80. The minimum atomic E-state index is -2.26. The zero-order valence-electron chi connectivity index (χ0n) is 25.0. The predicted octanol–water partition coefficient (Wildman–Crippen LogP) is 4.53. The van der Waals surface area contributed by atoms with E-state index in [-0.39, 0.29) is 29.1 Å². The average Bonchev–Trinajstić information content (AvgIpc) is 3.07. The van der Waals surface area contributed by atoms with E-state index < -0.39 is 45.2 Å². The second-order valence-corrected chi connectivity index (χ2v) is 24.0. The molecule has 2 aliphatic carbocycles. The standard InChI is InChI=1S/C29H51NO5Si2/c1-11-30-18-28(20-34-5)14-12-15-29(19-30,26(28)33)25-23(35-37(9,10)27(2,3)4)17-22(32)24(25)21(31)13-16-36(6,7)8/h21,23-25,31H,11-12,14-15,17-20H2,1-10H3/t21-,23+,24-,25-,28+,29-/m1/s1. The van der Waals surface area contributed by atoms with E-state index in [2.05, 4.69) is 76.8 Å². The van der Waals surface area contributed by atoms with Gasteiger partial charge in [-0.15, -0.1) is 5.54 Å². The van der Waals surface area contributed by atoms with Crippen molar-refractivity contribution in [3.05, 3.63) is 0 Å². The van der Waals surface area contributed by atoms with Gasteiger partial charge < -0.3 is 19.2 Å². The second-order valence-electron chi connectivity index (χ2n) is 14.5. The van der Waals surface area contributed by atoms with E-state index in [9.17, 15) is 14.7 Å². The van der Waals surface area contributed by atoms with Crippen LogP contribution in [0.15, 0.2) is 0 Å². The van der Waals surface area contributed by atoms with Gasteiger partial charge in [-0.25, -0.2) is 0 Å². The van der Waals surface area contributed by atoms with Crippen molar-refractivity contribution >= 4 is 28.0 Å². The van der Waals surface area contributed by atoms with E-state index in [4.69, 9.17) is 9.16 Å². The van der Waals surface area contributed by atoms with Crippen LogP contribution in [0.1, 0.15) is 53.4 Å². The number of hydrogen-bond acceptors (Lipinski definition) is 6. The number of likely N-dealkylation sites (tertiary alicyclic amines) is 1. The number of rotatable bonds is 7. The highest BCUT2D eigenvalue weighted by atomic mass is 28.4. The van der Waals surface area contributed by atoms with Crippen molar-refractivity contribution in [2.24, 2.45) is 22.7 Å². The van der Waals surface area contributed by atoms with Crippen molar-refractivity contribution in [3.63, 3.8) is 0 Å². The van der Waals surface area contributed by atoms with Crippen LogP contribution in [-0.2, 0) is 18.8 Å².